The summed E-state index contributed by atoms with van der Waals surface area (Å²) in [4.78, 5) is 23.8. The third-order valence-electron chi connectivity index (χ3n) is 4.18. The topological polar surface area (TPSA) is 63.6 Å². The summed E-state index contributed by atoms with van der Waals surface area (Å²) in [6.07, 6.45) is 4.13. The number of ether oxygens (including phenoxy) is 1. The monoisotopic (exact) mass is 274 g/mol. The smallest absolute Gasteiger partial charge is 0.311 e. The third-order valence-corrected chi connectivity index (χ3v) is 4.18. The second-order valence-electron chi connectivity index (χ2n) is 5.22. The predicted octanol–water partition coefficient (Wildman–Crippen LogP) is 2.61. The van der Waals surface area contributed by atoms with E-state index >= 15 is 0 Å². The number of carbonyl (C=O) groups excluding carboxylic acids is 1. The van der Waals surface area contributed by atoms with E-state index in [2.05, 4.69) is 0 Å². The first kappa shape index (κ1) is 14.3. The van der Waals surface area contributed by atoms with Gasteiger partial charge in [0.1, 0.15) is 0 Å². The molecule has 0 saturated heterocycles. The van der Waals surface area contributed by atoms with E-state index in [0.717, 1.165) is 5.56 Å². The zero-order valence-electron chi connectivity index (χ0n) is 11.6. The van der Waals surface area contributed by atoms with Crippen molar-refractivity contribution in [2.45, 2.75) is 19.3 Å². The lowest BCUT2D eigenvalue weighted by atomic mass is 9.61. The van der Waals surface area contributed by atoms with E-state index in [1.807, 2.05) is 42.5 Å². The summed E-state index contributed by atoms with van der Waals surface area (Å²) in [7, 11) is 1.29. The zero-order chi connectivity index (χ0) is 14.8. The molecule has 0 aromatic heterocycles. The number of esters is 1. The Morgan fingerprint density at radius 1 is 1.30 bits per heavy atom. The highest BCUT2D eigenvalue weighted by atomic mass is 16.5. The van der Waals surface area contributed by atoms with Gasteiger partial charge in [0.25, 0.3) is 0 Å². The molecule has 1 aromatic rings. The van der Waals surface area contributed by atoms with Crippen molar-refractivity contribution in [3.63, 3.8) is 0 Å². The van der Waals surface area contributed by atoms with E-state index in [1.54, 1.807) is 6.92 Å². The largest absolute Gasteiger partial charge is 0.481 e. The molecule has 2 rings (SSSR count). The van der Waals surface area contributed by atoms with Crippen LogP contribution < -0.4 is 0 Å². The summed E-state index contributed by atoms with van der Waals surface area (Å²) in [6.45, 7) is 1.62. The molecule has 1 aromatic carbocycles. The molecule has 4 nitrogen and oxygen atoms in total. The van der Waals surface area contributed by atoms with E-state index in [-0.39, 0.29) is 5.92 Å². The first-order valence-electron chi connectivity index (χ1n) is 6.54. The van der Waals surface area contributed by atoms with Crippen molar-refractivity contribution < 1.29 is 19.4 Å². The van der Waals surface area contributed by atoms with Gasteiger partial charge in [-0.1, -0.05) is 42.5 Å². The van der Waals surface area contributed by atoms with Gasteiger partial charge in [-0.3, -0.25) is 9.59 Å². The minimum atomic E-state index is -1.21. The summed E-state index contributed by atoms with van der Waals surface area (Å²) in [6, 6.07) is 9.39. The van der Waals surface area contributed by atoms with Crippen molar-refractivity contribution in [2.75, 3.05) is 7.11 Å². The average molecular weight is 274 g/mol. The molecule has 0 spiro atoms. The average Bonchev–Trinajstić information content (AvgIpc) is 2.47. The van der Waals surface area contributed by atoms with Crippen LogP contribution in [0.1, 0.15) is 24.8 Å². The molecule has 0 bridgehead atoms. The van der Waals surface area contributed by atoms with Gasteiger partial charge in [-0.25, -0.2) is 0 Å². The number of allylic oxidation sites excluding steroid dienone is 2. The van der Waals surface area contributed by atoms with Crippen LogP contribution in [0.5, 0.6) is 0 Å². The zero-order valence-corrected chi connectivity index (χ0v) is 11.6. The quantitative estimate of drug-likeness (QED) is 0.679. The van der Waals surface area contributed by atoms with Crippen molar-refractivity contribution in [3.8, 4) is 0 Å². The predicted molar refractivity (Wildman–Crippen MR) is 74.2 cm³/mol. The fraction of sp³-hybridized carbons (Fsp3) is 0.375. The number of carboxylic acid groups (broad SMARTS) is 1. The first-order chi connectivity index (χ1) is 9.51. The Labute approximate surface area is 118 Å². The molecule has 106 valence electrons. The number of rotatable bonds is 3. The Morgan fingerprint density at radius 3 is 2.50 bits per heavy atom. The number of hydrogen-bond donors (Lipinski definition) is 1. The minimum Gasteiger partial charge on any atom is -0.481 e. The summed E-state index contributed by atoms with van der Waals surface area (Å²) in [5.41, 5.74) is -0.314. The van der Waals surface area contributed by atoms with Crippen LogP contribution in [-0.4, -0.2) is 24.2 Å². The number of methoxy groups -OCH3 is 1. The minimum absolute atomic E-state index is 0.348. The van der Waals surface area contributed by atoms with Crippen LogP contribution >= 0.6 is 0 Å². The second kappa shape index (κ2) is 5.49. The molecular weight excluding hydrogens is 256 g/mol. The van der Waals surface area contributed by atoms with Crippen LogP contribution in [0.4, 0.5) is 0 Å². The lowest BCUT2D eigenvalue weighted by Gasteiger charge is -2.40. The van der Waals surface area contributed by atoms with Crippen LogP contribution in [0.3, 0.4) is 0 Å². The molecule has 4 heteroatoms. The second-order valence-corrected chi connectivity index (χ2v) is 5.22. The third kappa shape index (κ3) is 2.22. The molecular formula is C16H18O4. The number of aliphatic carboxylic acids is 1. The van der Waals surface area contributed by atoms with Gasteiger partial charge in [-0.05, 0) is 18.9 Å². The van der Waals surface area contributed by atoms with Crippen molar-refractivity contribution in [1.82, 2.24) is 0 Å². The number of benzene rings is 1. The normalized spacial score (nSPS) is 28.9. The van der Waals surface area contributed by atoms with Crippen LogP contribution in [-0.2, 0) is 14.3 Å². The lowest BCUT2D eigenvalue weighted by molar-refractivity contribution is -0.164. The van der Waals surface area contributed by atoms with E-state index in [0.29, 0.717) is 6.42 Å². The molecule has 1 unspecified atom stereocenters. The Balaban J connectivity index is 2.51. The summed E-state index contributed by atoms with van der Waals surface area (Å²) in [5, 5.41) is 9.70. The highest BCUT2D eigenvalue weighted by molar-refractivity contribution is 5.86. The molecule has 1 aliphatic carbocycles. The molecule has 0 heterocycles. The SMILES string of the molecule is COC(=O)[C@@H]1CC=CC(c2ccccc2)[C@]1(C)C(=O)O. The van der Waals surface area contributed by atoms with Crippen molar-refractivity contribution >= 4 is 11.9 Å². The van der Waals surface area contributed by atoms with Crippen LogP contribution in [0, 0.1) is 11.3 Å². The highest BCUT2D eigenvalue weighted by Crippen LogP contribution is 2.48. The highest BCUT2D eigenvalue weighted by Gasteiger charge is 2.52. The number of carboxylic acids is 1. The maximum atomic E-state index is 11.9. The van der Waals surface area contributed by atoms with E-state index in [4.69, 9.17) is 4.74 Å². The summed E-state index contributed by atoms with van der Waals surface area (Å²) >= 11 is 0. The van der Waals surface area contributed by atoms with Gasteiger partial charge in [0.05, 0.1) is 18.4 Å². The molecule has 0 saturated carbocycles. The van der Waals surface area contributed by atoms with E-state index in [1.165, 1.54) is 7.11 Å². The molecule has 0 aliphatic heterocycles. The van der Waals surface area contributed by atoms with Gasteiger partial charge in [-0.15, -0.1) is 0 Å². The fourth-order valence-electron chi connectivity index (χ4n) is 2.90. The molecule has 0 amide bonds. The lowest BCUT2D eigenvalue weighted by Crippen LogP contribution is -2.46. The van der Waals surface area contributed by atoms with E-state index < -0.39 is 23.3 Å². The first-order valence-corrected chi connectivity index (χ1v) is 6.54. The van der Waals surface area contributed by atoms with E-state index in [9.17, 15) is 14.7 Å². The Morgan fingerprint density at radius 2 is 1.95 bits per heavy atom. The van der Waals surface area contributed by atoms with Crippen molar-refractivity contribution in [2.24, 2.45) is 11.3 Å². The van der Waals surface area contributed by atoms with Gasteiger partial charge in [0.15, 0.2) is 0 Å². The molecule has 1 aliphatic rings. The van der Waals surface area contributed by atoms with Crippen molar-refractivity contribution in [3.05, 3.63) is 48.0 Å². The Bertz CT molecular complexity index is 535. The standard InChI is InChI=1S/C16H18O4/c1-16(15(18)19)12(11-7-4-3-5-8-11)9-6-10-13(16)14(17)20-2/h3-9,12-13H,10H2,1-2H3,(H,18,19)/t12?,13-,16-/m0/s1. The Kier molecular flexibility index (Phi) is 3.93. The fourth-order valence-corrected chi connectivity index (χ4v) is 2.90. The molecule has 3 atom stereocenters. The van der Waals surface area contributed by atoms with Crippen LogP contribution in [0.25, 0.3) is 0 Å². The Hall–Kier alpha value is -2.10. The van der Waals surface area contributed by atoms with Gasteiger partial charge in [0, 0.05) is 5.92 Å². The summed E-state index contributed by atoms with van der Waals surface area (Å²) in [5.74, 6) is -2.48. The van der Waals surface area contributed by atoms with Crippen molar-refractivity contribution in [1.29, 1.82) is 0 Å². The summed E-state index contributed by atoms with van der Waals surface area (Å²) < 4.78 is 4.78. The number of hydrogen-bond acceptors (Lipinski definition) is 3. The van der Waals surface area contributed by atoms with Gasteiger partial charge in [-0.2, -0.15) is 0 Å². The maximum absolute atomic E-state index is 11.9. The molecule has 1 N–H and O–H groups in total. The van der Waals surface area contributed by atoms with Gasteiger partial charge in [0.2, 0.25) is 0 Å². The maximum Gasteiger partial charge on any atom is 0.311 e. The number of carbonyl (C=O) groups is 2. The molecule has 0 fully saturated rings. The van der Waals surface area contributed by atoms with Crippen LogP contribution in [0.15, 0.2) is 42.5 Å². The molecule has 0 radical (unpaired) electrons. The van der Waals surface area contributed by atoms with Gasteiger partial charge < -0.3 is 9.84 Å². The van der Waals surface area contributed by atoms with Gasteiger partial charge >= 0.3 is 11.9 Å². The molecule has 20 heavy (non-hydrogen) atoms. The van der Waals surface area contributed by atoms with Crippen LogP contribution in [0.2, 0.25) is 0 Å².